The van der Waals surface area contributed by atoms with Crippen molar-refractivity contribution in [3.63, 3.8) is 0 Å². The number of amides is 1. The number of carbonyl (C=O) groups excluding carboxylic acids is 1. The van der Waals surface area contributed by atoms with Gasteiger partial charge in [-0.2, -0.15) is 0 Å². The van der Waals surface area contributed by atoms with Gasteiger partial charge < -0.3 is 5.32 Å². The van der Waals surface area contributed by atoms with Crippen LogP contribution in [0, 0.1) is 0 Å². The number of halogens is 1. The van der Waals surface area contributed by atoms with Gasteiger partial charge in [0.1, 0.15) is 0 Å². The first-order valence-corrected chi connectivity index (χ1v) is 9.67. The number of nitrogens with two attached hydrogens (primary N) is 1. The summed E-state index contributed by atoms with van der Waals surface area (Å²) in [6, 6.07) is 13.1. The SMILES string of the molecule is NS(=O)(=O)c1ccc(NC(=S)NC(=O)C=Cc2ccc(Br)cc2)cc1. The van der Waals surface area contributed by atoms with Gasteiger partial charge in [-0.3, -0.25) is 10.1 Å². The zero-order valence-corrected chi connectivity index (χ0v) is 16.0. The highest BCUT2D eigenvalue weighted by Crippen LogP contribution is 2.13. The molecule has 2 aromatic rings. The minimum absolute atomic E-state index is 0.00886. The number of hydrogen-bond acceptors (Lipinski definition) is 4. The van der Waals surface area contributed by atoms with E-state index in [9.17, 15) is 13.2 Å². The van der Waals surface area contributed by atoms with E-state index >= 15 is 0 Å². The lowest BCUT2D eigenvalue weighted by Crippen LogP contribution is -2.32. The van der Waals surface area contributed by atoms with Gasteiger partial charge >= 0.3 is 0 Å². The Morgan fingerprint density at radius 2 is 1.68 bits per heavy atom. The standard InChI is InChI=1S/C16H14BrN3O3S2/c17-12-4-1-11(2-5-12)3-10-15(21)20-16(24)19-13-6-8-14(9-7-13)25(18,22)23/h1-10H,(H2,18,22,23)(H2,19,20,21,24). The Labute approximate surface area is 159 Å². The molecule has 0 fully saturated rings. The minimum Gasteiger partial charge on any atom is -0.332 e. The molecule has 9 heteroatoms. The molecule has 0 atom stereocenters. The maximum atomic E-state index is 11.8. The number of anilines is 1. The molecule has 0 aromatic heterocycles. The van der Waals surface area contributed by atoms with Crippen molar-refractivity contribution in [3.05, 3.63) is 64.6 Å². The topological polar surface area (TPSA) is 101 Å². The number of hydrogen-bond donors (Lipinski definition) is 3. The summed E-state index contributed by atoms with van der Waals surface area (Å²) in [5.41, 5.74) is 1.39. The van der Waals surface area contributed by atoms with Crippen LogP contribution in [0.15, 0.2) is 64.0 Å². The fourth-order valence-corrected chi connectivity index (χ4v) is 2.79. The molecule has 4 N–H and O–H groups in total. The van der Waals surface area contributed by atoms with Crippen LogP contribution in [0.4, 0.5) is 5.69 Å². The van der Waals surface area contributed by atoms with Gasteiger partial charge in [-0.05, 0) is 60.3 Å². The van der Waals surface area contributed by atoms with Crippen LogP contribution in [0.1, 0.15) is 5.56 Å². The summed E-state index contributed by atoms with van der Waals surface area (Å²) in [5, 5.41) is 10.4. The number of nitrogens with one attached hydrogen (secondary N) is 2. The molecule has 6 nitrogen and oxygen atoms in total. The summed E-state index contributed by atoms with van der Waals surface area (Å²) < 4.78 is 23.3. The molecular weight excluding hydrogens is 426 g/mol. The monoisotopic (exact) mass is 439 g/mol. The van der Waals surface area contributed by atoms with E-state index in [0.717, 1.165) is 10.0 Å². The summed E-state index contributed by atoms with van der Waals surface area (Å²) >= 11 is 8.38. The molecule has 2 rings (SSSR count). The van der Waals surface area contributed by atoms with Crippen molar-refractivity contribution in [2.75, 3.05) is 5.32 Å². The van der Waals surface area contributed by atoms with Gasteiger partial charge in [-0.25, -0.2) is 13.6 Å². The lowest BCUT2D eigenvalue weighted by atomic mass is 10.2. The number of primary sulfonamides is 1. The van der Waals surface area contributed by atoms with Crippen LogP contribution in [0.5, 0.6) is 0 Å². The highest BCUT2D eigenvalue weighted by Gasteiger charge is 2.07. The molecule has 0 saturated heterocycles. The average molecular weight is 440 g/mol. The van der Waals surface area contributed by atoms with Crippen LogP contribution in [-0.2, 0) is 14.8 Å². The molecule has 2 aromatic carbocycles. The number of carbonyl (C=O) groups is 1. The second kappa shape index (κ2) is 8.34. The fourth-order valence-electron chi connectivity index (χ4n) is 1.79. The van der Waals surface area contributed by atoms with Crippen LogP contribution in [0.25, 0.3) is 6.08 Å². The van der Waals surface area contributed by atoms with Crippen LogP contribution in [0.2, 0.25) is 0 Å². The van der Waals surface area contributed by atoms with E-state index < -0.39 is 10.0 Å². The third-order valence-corrected chi connectivity index (χ3v) is 4.64. The Balaban J connectivity index is 1.91. The third kappa shape index (κ3) is 6.39. The van der Waals surface area contributed by atoms with E-state index in [1.165, 1.54) is 30.3 Å². The van der Waals surface area contributed by atoms with E-state index in [1.54, 1.807) is 6.08 Å². The van der Waals surface area contributed by atoms with Crippen molar-refractivity contribution < 1.29 is 13.2 Å². The van der Waals surface area contributed by atoms with Crippen molar-refractivity contribution in [1.82, 2.24) is 5.32 Å². The summed E-state index contributed by atoms with van der Waals surface area (Å²) in [7, 11) is -3.75. The molecule has 1 amide bonds. The predicted octanol–water partition coefficient (Wildman–Crippen LogP) is 2.62. The average Bonchev–Trinajstić information content (AvgIpc) is 2.54. The molecule has 0 heterocycles. The first-order valence-electron chi connectivity index (χ1n) is 6.92. The lowest BCUT2D eigenvalue weighted by Gasteiger charge is -2.08. The van der Waals surface area contributed by atoms with Gasteiger partial charge in [0.05, 0.1) is 4.90 Å². The maximum absolute atomic E-state index is 11.8. The molecule has 0 aliphatic carbocycles. The molecule has 0 spiro atoms. The van der Waals surface area contributed by atoms with Gasteiger partial charge in [-0.1, -0.05) is 28.1 Å². The Morgan fingerprint density at radius 1 is 1.08 bits per heavy atom. The predicted molar refractivity (Wildman–Crippen MR) is 105 cm³/mol. The molecule has 0 aliphatic rings. The van der Waals surface area contributed by atoms with Crippen molar-refractivity contribution in [3.8, 4) is 0 Å². The van der Waals surface area contributed by atoms with Crippen LogP contribution in [-0.4, -0.2) is 19.4 Å². The van der Waals surface area contributed by atoms with Crippen molar-refractivity contribution in [1.29, 1.82) is 0 Å². The highest BCUT2D eigenvalue weighted by molar-refractivity contribution is 9.10. The van der Waals surface area contributed by atoms with Gasteiger partial charge in [0.25, 0.3) is 0 Å². The number of rotatable bonds is 4. The Kier molecular flexibility index (Phi) is 6.43. The molecule has 0 unspecified atom stereocenters. The van der Waals surface area contributed by atoms with Crippen LogP contribution < -0.4 is 15.8 Å². The Hall–Kier alpha value is -2.07. The molecular formula is C16H14BrN3O3S2. The molecule has 130 valence electrons. The molecule has 0 saturated carbocycles. The minimum atomic E-state index is -3.75. The zero-order valence-electron chi connectivity index (χ0n) is 12.8. The zero-order chi connectivity index (χ0) is 18.4. The maximum Gasteiger partial charge on any atom is 0.250 e. The second-order valence-electron chi connectivity index (χ2n) is 4.90. The van der Waals surface area contributed by atoms with E-state index in [-0.39, 0.29) is 15.9 Å². The van der Waals surface area contributed by atoms with Gasteiger partial charge in [0, 0.05) is 16.2 Å². The van der Waals surface area contributed by atoms with Crippen LogP contribution >= 0.6 is 28.1 Å². The van der Waals surface area contributed by atoms with Crippen molar-refractivity contribution >= 4 is 61.0 Å². The lowest BCUT2D eigenvalue weighted by molar-refractivity contribution is -0.115. The van der Waals surface area contributed by atoms with Crippen molar-refractivity contribution in [2.45, 2.75) is 4.90 Å². The summed E-state index contributed by atoms with van der Waals surface area (Å²) in [5.74, 6) is -0.387. The highest BCUT2D eigenvalue weighted by atomic mass is 79.9. The number of sulfonamides is 1. The third-order valence-electron chi connectivity index (χ3n) is 2.97. The van der Waals surface area contributed by atoms with Gasteiger partial charge in [0.15, 0.2) is 5.11 Å². The fraction of sp³-hybridized carbons (Fsp3) is 0. The molecule has 0 aliphatic heterocycles. The van der Waals surface area contributed by atoms with E-state index in [0.29, 0.717) is 5.69 Å². The van der Waals surface area contributed by atoms with Gasteiger partial charge in [-0.15, -0.1) is 0 Å². The second-order valence-corrected chi connectivity index (χ2v) is 7.78. The summed E-state index contributed by atoms with van der Waals surface area (Å²) in [6.45, 7) is 0. The largest absolute Gasteiger partial charge is 0.332 e. The Bertz CT molecular complexity index is 909. The van der Waals surface area contributed by atoms with Crippen molar-refractivity contribution in [2.24, 2.45) is 5.14 Å². The van der Waals surface area contributed by atoms with E-state index in [1.807, 2.05) is 24.3 Å². The van der Waals surface area contributed by atoms with Crippen LogP contribution in [0.3, 0.4) is 0 Å². The summed E-state index contributed by atoms with van der Waals surface area (Å²) in [6.07, 6.45) is 3.02. The molecule has 0 bridgehead atoms. The normalized spacial score (nSPS) is 11.3. The molecule has 25 heavy (non-hydrogen) atoms. The number of benzene rings is 2. The Morgan fingerprint density at radius 3 is 2.24 bits per heavy atom. The first kappa shape index (κ1) is 19.3. The summed E-state index contributed by atoms with van der Waals surface area (Å²) in [4.78, 5) is 11.8. The molecule has 0 radical (unpaired) electrons. The van der Waals surface area contributed by atoms with E-state index in [4.69, 9.17) is 17.4 Å². The smallest absolute Gasteiger partial charge is 0.250 e. The van der Waals surface area contributed by atoms with Gasteiger partial charge in [0.2, 0.25) is 15.9 Å². The van der Waals surface area contributed by atoms with E-state index in [2.05, 4.69) is 26.6 Å². The number of thiocarbonyl (C=S) groups is 1. The quantitative estimate of drug-likeness (QED) is 0.501. The first-order chi connectivity index (χ1) is 11.7.